The van der Waals surface area contributed by atoms with Gasteiger partial charge < -0.3 is 14.7 Å². The Morgan fingerprint density at radius 1 is 0.417 bits per heavy atom. The quantitative estimate of drug-likeness (QED) is 0.179. The SMILES string of the molecule is Cc1ccccc1N(c1cc2c3c(c1)N(c1ccccc1)c1ccccc1B3c1ccccc1N2c1ccccc1)c1ccccc1C. The number of nitrogens with zero attached hydrogens (tertiary/aromatic N) is 3. The van der Waals surface area contributed by atoms with Gasteiger partial charge in [0.25, 0.3) is 6.71 Å². The highest BCUT2D eigenvalue weighted by Crippen LogP contribution is 2.48. The van der Waals surface area contributed by atoms with Crippen LogP contribution in [-0.2, 0) is 0 Å². The van der Waals surface area contributed by atoms with E-state index in [1.165, 1.54) is 61.6 Å². The second-order valence-corrected chi connectivity index (χ2v) is 12.7. The molecule has 7 aromatic rings. The summed E-state index contributed by atoms with van der Waals surface area (Å²) in [5, 5.41) is 0. The third-order valence-electron chi connectivity index (χ3n) is 9.87. The maximum atomic E-state index is 2.47. The van der Waals surface area contributed by atoms with E-state index in [-0.39, 0.29) is 6.71 Å². The topological polar surface area (TPSA) is 9.72 Å². The molecule has 9 rings (SSSR count). The van der Waals surface area contributed by atoms with Crippen LogP contribution >= 0.6 is 0 Å². The summed E-state index contributed by atoms with van der Waals surface area (Å²) >= 11 is 0. The number of para-hydroxylation sites is 6. The molecule has 0 spiro atoms. The number of benzene rings is 7. The molecule has 0 amide bonds. The Morgan fingerprint density at radius 3 is 1.27 bits per heavy atom. The van der Waals surface area contributed by atoms with Crippen LogP contribution in [0, 0.1) is 13.8 Å². The fraction of sp³-hybridized carbons (Fsp3) is 0.0455. The van der Waals surface area contributed by atoms with E-state index in [2.05, 4.69) is 198 Å². The number of rotatable bonds is 5. The van der Waals surface area contributed by atoms with Gasteiger partial charge in [-0.3, -0.25) is 0 Å². The van der Waals surface area contributed by atoms with Crippen molar-refractivity contribution in [3.8, 4) is 0 Å². The zero-order chi connectivity index (χ0) is 32.2. The molecule has 0 saturated carbocycles. The van der Waals surface area contributed by atoms with E-state index in [0.717, 1.165) is 17.1 Å². The standard InChI is InChI=1S/C44H34BN3/c1-31-17-9-13-25-38(31)48(39-26-14-10-18-32(39)2)35-29-42-44-43(30-35)47(34-21-7-4-8-22-34)41-28-16-12-24-37(41)45(44)36-23-11-15-27-40(36)46(42)33-19-5-3-6-20-33/h3-30H,1-2H3. The van der Waals surface area contributed by atoms with Gasteiger partial charge in [0.15, 0.2) is 0 Å². The second kappa shape index (κ2) is 11.4. The van der Waals surface area contributed by atoms with Crippen LogP contribution in [0.1, 0.15) is 11.1 Å². The average Bonchev–Trinajstić information content (AvgIpc) is 3.14. The first-order valence-electron chi connectivity index (χ1n) is 16.7. The van der Waals surface area contributed by atoms with Gasteiger partial charge in [-0.15, -0.1) is 0 Å². The normalized spacial score (nSPS) is 12.7. The average molecular weight is 616 g/mol. The Labute approximate surface area is 283 Å². The highest BCUT2D eigenvalue weighted by atomic mass is 15.2. The first-order valence-corrected chi connectivity index (χ1v) is 16.7. The van der Waals surface area contributed by atoms with Crippen molar-refractivity contribution < 1.29 is 0 Å². The van der Waals surface area contributed by atoms with Gasteiger partial charge in [-0.1, -0.05) is 109 Å². The van der Waals surface area contributed by atoms with Crippen molar-refractivity contribution in [1.29, 1.82) is 0 Å². The molecule has 0 aromatic heterocycles. The number of hydrogen-bond donors (Lipinski definition) is 0. The van der Waals surface area contributed by atoms with Crippen molar-refractivity contribution >= 4 is 74.3 Å². The molecule has 3 nitrogen and oxygen atoms in total. The fourth-order valence-electron chi connectivity index (χ4n) is 7.76. The minimum Gasteiger partial charge on any atom is -0.311 e. The van der Waals surface area contributed by atoms with E-state index < -0.39 is 0 Å². The Bertz CT molecular complexity index is 2140. The highest BCUT2D eigenvalue weighted by Gasteiger charge is 2.43. The summed E-state index contributed by atoms with van der Waals surface area (Å²) in [6.45, 7) is 4.50. The van der Waals surface area contributed by atoms with Gasteiger partial charge in [-0.2, -0.15) is 0 Å². The van der Waals surface area contributed by atoms with Crippen LogP contribution in [0.25, 0.3) is 0 Å². The summed E-state index contributed by atoms with van der Waals surface area (Å²) in [6, 6.07) is 61.8. The third-order valence-corrected chi connectivity index (χ3v) is 9.87. The molecule has 0 fully saturated rings. The van der Waals surface area contributed by atoms with Crippen molar-refractivity contribution in [3.05, 3.63) is 181 Å². The lowest BCUT2D eigenvalue weighted by molar-refractivity contribution is 1.20. The molecule has 0 saturated heterocycles. The molecule has 2 aliphatic heterocycles. The van der Waals surface area contributed by atoms with Gasteiger partial charge in [0, 0.05) is 45.5 Å². The molecule has 228 valence electrons. The molecule has 0 bridgehead atoms. The minimum absolute atomic E-state index is 0.0850. The molecule has 0 N–H and O–H groups in total. The fourth-order valence-corrected chi connectivity index (χ4v) is 7.76. The summed E-state index contributed by atoms with van der Waals surface area (Å²) in [4.78, 5) is 7.39. The van der Waals surface area contributed by atoms with Gasteiger partial charge in [-0.25, -0.2) is 0 Å². The molecule has 2 aliphatic rings. The van der Waals surface area contributed by atoms with Crippen molar-refractivity contribution in [2.24, 2.45) is 0 Å². The lowest BCUT2D eigenvalue weighted by Gasteiger charge is -2.45. The van der Waals surface area contributed by atoms with Gasteiger partial charge in [-0.05, 0) is 102 Å². The molecule has 2 heterocycles. The van der Waals surface area contributed by atoms with E-state index in [1.807, 2.05) is 0 Å². The van der Waals surface area contributed by atoms with Crippen LogP contribution in [-0.4, -0.2) is 6.71 Å². The molecule has 0 atom stereocenters. The van der Waals surface area contributed by atoms with E-state index >= 15 is 0 Å². The first kappa shape index (κ1) is 28.2. The predicted octanol–water partition coefficient (Wildman–Crippen LogP) is 9.86. The van der Waals surface area contributed by atoms with Crippen molar-refractivity contribution in [2.75, 3.05) is 14.7 Å². The smallest absolute Gasteiger partial charge is 0.252 e. The largest absolute Gasteiger partial charge is 0.311 e. The molecule has 4 heteroatoms. The number of hydrogen-bond acceptors (Lipinski definition) is 3. The number of fused-ring (bicyclic) bond motifs is 4. The van der Waals surface area contributed by atoms with Crippen molar-refractivity contribution in [1.82, 2.24) is 0 Å². The third kappa shape index (κ3) is 4.37. The summed E-state index contributed by atoms with van der Waals surface area (Å²) in [7, 11) is 0. The van der Waals surface area contributed by atoms with Crippen LogP contribution < -0.4 is 31.1 Å². The van der Waals surface area contributed by atoms with Gasteiger partial charge in [0.2, 0.25) is 0 Å². The molecule has 48 heavy (non-hydrogen) atoms. The maximum Gasteiger partial charge on any atom is 0.252 e. The molecular weight excluding hydrogens is 581 g/mol. The summed E-state index contributed by atoms with van der Waals surface area (Å²) in [5.41, 5.74) is 17.0. The zero-order valence-electron chi connectivity index (χ0n) is 27.1. The Balaban J connectivity index is 1.42. The van der Waals surface area contributed by atoms with Gasteiger partial charge in [0.05, 0.1) is 5.69 Å². The Morgan fingerprint density at radius 2 is 0.812 bits per heavy atom. The number of aryl methyl sites for hydroxylation is 2. The van der Waals surface area contributed by atoms with Crippen LogP contribution in [0.4, 0.5) is 51.2 Å². The maximum absolute atomic E-state index is 2.47. The lowest BCUT2D eigenvalue weighted by atomic mass is 9.33. The zero-order valence-corrected chi connectivity index (χ0v) is 27.1. The summed E-state index contributed by atoms with van der Waals surface area (Å²) in [5.74, 6) is 0. The van der Waals surface area contributed by atoms with Crippen molar-refractivity contribution in [3.63, 3.8) is 0 Å². The van der Waals surface area contributed by atoms with Crippen LogP contribution in [0.15, 0.2) is 170 Å². The van der Waals surface area contributed by atoms with E-state index in [1.54, 1.807) is 0 Å². The minimum atomic E-state index is 0.0850. The van der Waals surface area contributed by atoms with E-state index in [4.69, 9.17) is 0 Å². The van der Waals surface area contributed by atoms with Gasteiger partial charge >= 0.3 is 0 Å². The molecule has 7 aromatic carbocycles. The molecule has 0 aliphatic carbocycles. The first-order chi connectivity index (χ1) is 23.7. The van der Waals surface area contributed by atoms with Crippen LogP contribution in [0.2, 0.25) is 0 Å². The van der Waals surface area contributed by atoms with Crippen molar-refractivity contribution in [2.45, 2.75) is 13.8 Å². The second-order valence-electron chi connectivity index (χ2n) is 12.7. The predicted molar refractivity (Wildman–Crippen MR) is 205 cm³/mol. The summed E-state index contributed by atoms with van der Waals surface area (Å²) in [6.07, 6.45) is 0. The highest BCUT2D eigenvalue weighted by molar-refractivity contribution is 7.00. The Hall–Kier alpha value is -6.00. The lowest BCUT2D eigenvalue weighted by Crippen LogP contribution is -2.61. The van der Waals surface area contributed by atoms with E-state index in [9.17, 15) is 0 Å². The molecule has 0 radical (unpaired) electrons. The number of anilines is 9. The van der Waals surface area contributed by atoms with Gasteiger partial charge in [0.1, 0.15) is 0 Å². The van der Waals surface area contributed by atoms with Crippen LogP contribution in [0.5, 0.6) is 0 Å². The Kier molecular flexibility index (Phi) is 6.68. The van der Waals surface area contributed by atoms with E-state index in [0.29, 0.717) is 0 Å². The monoisotopic (exact) mass is 615 g/mol. The molecule has 0 unspecified atom stereocenters. The van der Waals surface area contributed by atoms with Crippen LogP contribution in [0.3, 0.4) is 0 Å². The molecular formula is C44H34BN3. The summed E-state index contributed by atoms with van der Waals surface area (Å²) < 4.78 is 0.